The molecule has 2 rings (SSSR count). The van der Waals surface area contributed by atoms with Gasteiger partial charge in [-0.05, 0) is 36.5 Å². The summed E-state index contributed by atoms with van der Waals surface area (Å²) in [6.45, 7) is -1.59. The molecule has 0 aromatic heterocycles. The fourth-order valence-corrected chi connectivity index (χ4v) is 3.05. The molecule has 1 aromatic rings. The van der Waals surface area contributed by atoms with Gasteiger partial charge in [-0.2, -0.15) is 13.2 Å². The second-order valence-electron chi connectivity index (χ2n) is 6.14. The van der Waals surface area contributed by atoms with Gasteiger partial charge in [0.15, 0.2) is 0 Å². The first-order valence-corrected chi connectivity index (χ1v) is 8.29. The summed E-state index contributed by atoms with van der Waals surface area (Å²) in [4.78, 5) is 12.0. The number of urea groups is 1. The lowest BCUT2D eigenvalue weighted by atomic mass is 9.92. The van der Waals surface area contributed by atoms with Crippen LogP contribution in [0, 0.1) is 11.7 Å². The minimum atomic E-state index is -4.38. The fraction of sp³-hybridized carbons (Fsp3) is 0.588. The number of nitrogens with one attached hydrogen (secondary N) is 2. The molecule has 0 heterocycles. The Labute approximate surface area is 143 Å². The van der Waals surface area contributed by atoms with Crippen molar-refractivity contribution in [1.29, 1.82) is 0 Å². The van der Waals surface area contributed by atoms with Gasteiger partial charge in [-0.15, -0.1) is 0 Å². The molecule has 1 saturated carbocycles. The van der Waals surface area contributed by atoms with E-state index in [0.29, 0.717) is 0 Å². The first-order chi connectivity index (χ1) is 11.8. The van der Waals surface area contributed by atoms with Crippen LogP contribution < -0.4 is 10.6 Å². The predicted octanol–water partition coefficient (Wildman–Crippen LogP) is 3.94. The van der Waals surface area contributed by atoms with Crippen LogP contribution in [-0.4, -0.2) is 32.0 Å². The monoisotopic (exact) mass is 362 g/mol. The summed E-state index contributed by atoms with van der Waals surface area (Å²) in [6, 6.07) is 5.26. The number of hydrogen-bond donors (Lipinski definition) is 2. The van der Waals surface area contributed by atoms with E-state index in [-0.39, 0.29) is 30.9 Å². The van der Waals surface area contributed by atoms with Gasteiger partial charge in [-0.25, -0.2) is 9.18 Å². The molecule has 0 radical (unpaired) electrons. The molecule has 2 amide bonds. The third-order valence-corrected chi connectivity index (χ3v) is 4.18. The third-order valence-electron chi connectivity index (χ3n) is 4.18. The van der Waals surface area contributed by atoms with Gasteiger partial charge < -0.3 is 15.4 Å². The number of ether oxygens (including phenoxy) is 1. The summed E-state index contributed by atoms with van der Waals surface area (Å²) in [5, 5.41) is 5.34. The smallest absolute Gasteiger partial charge is 0.370 e. The number of rotatable bonds is 7. The van der Waals surface area contributed by atoms with E-state index in [0.717, 1.165) is 31.2 Å². The van der Waals surface area contributed by atoms with Gasteiger partial charge in [0.2, 0.25) is 0 Å². The zero-order chi connectivity index (χ0) is 18.3. The van der Waals surface area contributed by atoms with E-state index in [4.69, 9.17) is 0 Å². The molecule has 1 aliphatic carbocycles. The molecule has 25 heavy (non-hydrogen) atoms. The van der Waals surface area contributed by atoms with E-state index in [1.54, 1.807) is 12.1 Å². The Kier molecular flexibility index (Phi) is 7.04. The number of halogens is 4. The average Bonchev–Trinajstić information content (AvgIpc) is 3.06. The van der Waals surface area contributed by atoms with Gasteiger partial charge >= 0.3 is 12.2 Å². The third kappa shape index (κ3) is 6.89. The Hall–Kier alpha value is -1.83. The topological polar surface area (TPSA) is 50.4 Å². The lowest BCUT2D eigenvalue weighted by molar-refractivity contribution is -0.173. The normalized spacial score (nSPS) is 16.6. The van der Waals surface area contributed by atoms with E-state index in [9.17, 15) is 22.4 Å². The van der Waals surface area contributed by atoms with E-state index in [1.807, 2.05) is 0 Å². The number of hydrogen-bond acceptors (Lipinski definition) is 2. The molecule has 8 heteroatoms. The highest BCUT2D eigenvalue weighted by molar-refractivity contribution is 5.74. The summed E-state index contributed by atoms with van der Waals surface area (Å²) in [5.41, 5.74) is 0.816. The molecule has 4 nitrogen and oxygen atoms in total. The molecule has 0 spiro atoms. The minimum absolute atomic E-state index is 0.0251. The van der Waals surface area contributed by atoms with E-state index in [1.165, 1.54) is 12.1 Å². The van der Waals surface area contributed by atoms with Crippen molar-refractivity contribution in [2.75, 3.05) is 19.8 Å². The summed E-state index contributed by atoms with van der Waals surface area (Å²) >= 11 is 0. The van der Waals surface area contributed by atoms with Gasteiger partial charge in [-0.3, -0.25) is 0 Å². The largest absolute Gasteiger partial charge is 0.411 e. The van der Waals surface area contributed by atoms with Crippen LogP contribution in [0.25, 0.3) is 0 Å². The molecule has 1 aliphatic rings. The predicted molar refractivity (Wildman–Crippen MR) is 84.5 cm³/mol. The van der Waals surface area contributed by atoms with Crippen LogP contribution in [0.1, 0.15) is 37.3 Å². The highest BCUT2D eigenvalue weighted by Crippen LogP contribution is 2.35. The Morgan fingerprint density at radius 2 is 1.84 bits per heavy atom. The maximum atomic E-state index is 13.1. The number of amides is 2. The Bertz CT molecular complexity index is 543. The number of carbonyl (C=O) groups excluding carboxylic acids is 1. The van der Waals surface area contributed by atoms with Gasteiger partial charge in [0, 0.05) is 6.54 Å². The number of benzene rings is 1. The molecular weight excluding hydrogens is 340 g/mol. The molecule has 0 saturated heterocycles. The fourth-order valence-electron chi connectivity index (χ4n) is 3.05. The first-order valence-electron chi connectivity index (χ1n) is 8.29. The highest BCUT2D eigenvalue weighted by atomic mass is 19.4. The molecule has 0 bridgehead atoms. The number of carbonyl (C=O) groups is 1. The van der Waals surface area contributed by atoms with Crippen molar-refractivity contribution >= 4 is 6.03 Å². The molecular formula is C17H22F4N2O2. The molecule has 1 aromatic carbocycles. The molecule has 1 unspecified atom stereocenters. The van der Waals surface area contributed by atoms with Crippen molar-refractivity contribution in [3.05, 3.63) is 35.6 Å². The van der Waals surface area contributed by atoms with E-state index >= 15 is 0 Å². The molecule has 0 aliphatic heterocycles. The molecule has 1 atom stereocenters. The van der Waals surface area contributed by atoms with Crippen LogP contribution in [0.4, 0.5) is 22.4 Å². The average molecular weight is 362 g/mol. The molecule has 140 valence electrons. The van der Waals surface area contributed by atoms with E-state index < -0.39 is 18.8 Å². The quantitative estimate of drug-likeness (QED) is 0.570. The summed E-state index contributed by atoms with van der Waals surface area (Å²) < 4.78 is 53.4. The maximum absolute atomic E-state index is 13.1. The van der Waals surface area contributed by atoms with Gasteiger partial charge in [-0.1, -0.05) is 25.0 Å². The lowest BCUT2D eigenvalue weighted by Crippen LogP contribution is -2.41. The second kappa shape index (κ2) is 9.03. The Balaban J connectivity index is 1.84. The SMILES string of the molecule is O=C(NCCOCC(F)(F)F)NC(c1ccc(F)cc1)C1CCCC1. The molecule has 2 N–H and O–H groups in total. The van der Waals surface area contributed by atoms with Crippen molar-refractivity contribution in [3.63, 3.8) is 0 Å². The standard InChI is InChI=1S/C17H22F4N2O2/c18-14-7-5-13(6-8-14)15(12-3-1-2-4-12)23-16(24)22-9-10-25-11-17(19,20)21/h5-8,12,15H,1-4,9-11H2,(H2,22,23,24). The Morgan fingerprint density at radius 1 is 1.20 bits per heavy atom. The van der Waals surface area contributed by atoms with Crippen molar-refractivity contribution in [1.82, 2.24) is 10.6 Å². The lowest BCUT2D eigenvalue weighted by Gasteiger charge is -2.25. The van der Waals surface area contributed by atoms with Crippen LogP contribution in [0.3, 0.4) is 0 Å². The van der Waals surface area contributed by atoms with Crippen molar-refractivity contribution in [2.24, 2.45) is 5.92 Å². The van der Waals surface area contributed by atoms with Crippen LogP contribution in [0.2, 0.25) is 0 Å². The Morgan fingerprint density at radius 3 is 2.44 bits per heavy atom. The minimum Gasteiger partial charge on any atom is -0.370 e. The van der Waals surface area contributed by atoms with Crippen LogP contribution in [-0.2, 0) is 4.74 Å². The first kappa shape index (κ1) is 19.5. The highest BCUT2D eigenvalue weighted by Gasteiger charge is 2.28. The second-order valence-corrected chi connectivity index (χ2v) is 6.14. The number of alkyl halides is 3. The van der Waals surface area contributed by atoms with Crippen LogP contribution in [0.15, 0.2) is 24.3 Å². The van der Waals surface area contributed by atoms with Crippen molar-refractivity contribution < 1.29 is 27.1 Å². The summed E-state index contributed by atoms with van der Waals surface area (Å²) in [7, 11) is 0. The maximum Gasteiger partial charge on any atom is 0.411 e. The summed E-state index contributed by atoms with van der Waals surface area (Å²) in [6.07, 6.45) is -0.277. The molecule has 1 fully saturated rings. The van der Waals surface area contributed by atoms with Crippen LogP contribution >= 0.6 is 0 Å². The van der Waals surface area contributed by atoms with Gasteiger partial charge in [0.25, 0.3) is 0 Å². The van der Waals surface area contributed by atoms with Crippen molar-refractivity contribution in [3.8, 4) is 0 Å². The van der Waals surface area contributed by atoms with Crippen LogP contribution in [0.5, 0.6) is 0 Å². The zero-order valence-corrected chi connectivity index (χ0v) is 13.7. The van der Waals surface area contributed by atoms with Gasteiger partial charge in [0.1, 0.15) is 12.4 Å². The van der Waals surface area contributed by atoms with Gasteiger partial charge in [0.05, 0.1) is 12.6 Å². The zero-order valence-electron chi connectivity index (χ0n) is 13.7. The van der Waals surface area contributed by atoms with Crippen molar-refractivity contribution in [2.45, 2.75) is 37.9 Å². The van der Waals surface area contributed by atoms with E-state index in [2.05, 4.69) is 15.4 Å². The summed E-state index contributed by atoms with van der Waals surface area (Å²) in [5.74, 6) is -0.0853.